The van der Waals surface area contributed by atoms with Gasteiger partial charge in [-0.05, 0) is 30.2 Å². The first kappa shape index (κ1) is 16.1. The van der Waals surface area contributed by atoms with Crippen LogP contribution in [0.3, 0.4) is 0 Å². The highest BCUT2D eigenvalue weighted by Crippen LogP contribution is 2.17. The standard InChI is InChI=1S/C11H18N2O4S2/c1-9(2)8-13(3)19(16,17)11-6-4-10(5-7-11)18(12,14)15/h4-7,9H,8H2,1-3H3,(H2,12,14,15). The molecule has 19 heavy (non-hydrogen) atoms. The molecule has 0 heterocycles. The van der Waals surface area contributed by atoms with Gasteiger partial charge in [-0.2, -0.15) is 0 Å². The average molecular weight is 306 g/mol. The van der Waals surface area contributed by atoms with Crippen molar-refractivity contribution in [3.05, 3.63) is 24.3 Å². The molecule has 1 rings (SSSR count). The molecule has 0 saturated carbocycles. The minimum atomic E-state index is -3.81. The number of rotatable bonds is 5. The fraction of sp³-hybridized carbons (Fsp3) is 0.455. The summed E-state index contributed by atoms with van der Waals surface area (Å²) in [6.07, 6.45) is 0. The zero-order valence-electron chi connectivity index (χ0n) is 11.1. The third-order valence-corrected chi connectivity index (χ3v) is 5.25. The van der Waals surface area contributed by atoms with Gasteiger partial charge in [-0.25, -0.2) is 26.3 Å². The van der Waals surface area contributed by atoms with E-state index < -0.39 is 20.0 Å². The molecule has 1 aromatic rings. The lowest BCUT2D eigenvalue weighted by Gasteiger charge is -2.19. The van der Waals surface area contributed by atoms with Gasteiger partial charge >= 0.3 is 0 Å². The smallest absolute Gasteiger partial charge is 0.225 e. The van der Waals surface area contributed by atoms with E-state index >= 15 is 0 Å². The number of primary sulfonamides is 1. The Bertz CT molecular complexity index is 634. The van der Waals surface area contributed by atoms with Crippen LogP contribution in [0, 0.1) is 5.92 Å². The molecule has 2 N–H and O–H groups in total. The predicted molar refractivity (Wildman–Crippen MR) is 72.5 cm³/mol. The first-order valence-corrected chi connectivity index (χ1v) is 8.63. The molecule has 0 aliphatic carbocycles. The minimum Gasteiger partial charge on any atom is -0.225 e. The third kappa shape index (κ3) is 4.00. The van der Waals surface area contributed by atoms with Crippen molar-refractivity contribution in [3.8, 4) is 0 Å². The Labute approximate surface area is 114 Å². The summed E-state index contributed by atoms with van der Waals surface area (Å²) in [5, 5.41) is 4.95. The lowest BCUT2D eigenvalue weighted by molar-refractivity contribution is 0.417. The second-order valence-corrected chi connectivity index (χ2v) is 8.30. The molecule has 0 amide bonds. The number of sulfonamides is 2. The molecule has 0 fully saturated rings. The molecule has 1 aromatic carbocycles. The highest BCUT2D eigenvalue weighted by atomic mass is 32.2. The van der Waals surface area contributed by atoms with Crippen LogP contribution in [-0.2, 0) is 20.0 Å². The Kier molecular flexibility index (Phi) is 4.72. The predicted octanol–water partition coefficient (Wildman–Crippen LogP) is 0.611. The van der Waals surface area contributed by atoms with E-state index in [-0.39, 0.29) is 15.7 Å². The van der Waals surface area contributed by atoms with E-state index in [0.29, 0.717) is 6.54 Å². The Morgan fingerprint density at radius 3 is 1.84 bits per heavy atom. The molecule has 8 heteroatoms. The summed E-state index contributed by atoms with van der Waals surface area (Å²) in [5.41, 5.74) is 0. The Morgan fingerprint density at radius 1 is 1.05 bits per heavy atom. The molecule has 0 radical (unpaired) electrons. The van der Waals surface area contributed by atoms with Gasteiger partial charge < -0.3 is 0 Å². The molecular formula is C11H18N2O4S2. The van der Waals surface area contributed by atoms with Crippen LogP contribution in [0.15, 0.2) is 34.1 Å². The highest BCUT2D eigenvalue weighted by molar-refractivity contribution is 7.89. The zero-order chi connectivity index (χ0) is 14.8. The second-order valence-electron chi connectivity index (χ2n) is 4.70. The number of hydrogen-bond donors (Lipinski definition) is 1. The van der Waals surface area contributed by atoms with Crippen molar-refractivity contribution in [1.82, 2.24) is 4.31 Å². The molecule has 0 aliphatic heterocycles. The van der Waals surface area contributed by atoms with Crippen molar-refractivity contribution in [2.45, 2.75) is 23.6 Å². The summed E-state index contributed by atoms with van der Waals surface area (Å²) in [4.78, 5) is -0.0685. The van der Waals surface area contributed by atoms with E-state index in [9.17, 15) is 16.8 Å². The number of nitrogens with two attached hydrogens (primary N) is 1. The Morgan fingerprint density at radius 2 is 1.47 bits per heavy atom. The van der Waals surface area contributed by atoms with Gasteiger partial charge in [0.15, 0.2) is 0 Å². The van der Waals surface area contributed by atoms with Crippen molar-refractivity contribution in [3.63, 3.8) is 0 Å². The molecular weight excluding hydrogens is 288 g/mol. The molecule has 108 valence electrons. The molecule has 0 saturated heterocycles. The van der Waals surface area contributed by atoms with Gasteiger partial charge in [0.05, 0.1) is 9.79 Å². The zero-order valence-corrected chi connectivity index (χ0v) is 12.7. The first-order chi connectivity index (χ1) is 8.55. The van der Waals surface area contributed by atoms with Gasteiger partial charge in [-0.1, -0.05) is 13.8 Å². The van der Waals surface area contributed by atoms with Crippen molar-refractivity contribution in [2.24, 2.45) is 11.1 Å². The maximum Gasteiger partial charge on any atom is 0.242 e. The lowest BCUT2D eigenvalue weighted by Crippen LogP contribution is -2.30. The van der Waals surface area contributed by atoms with E-state index in [1.807, 2.05) is 13.8 Å². The maximum atomic E-state index is 12.2. The van der Waals surface area contributed by atoms with E-state index in [1.54, 1.807) is 0 Å². The quantitative estimate of drug-likeness (QED) is 0.861. The maximum absolute atomic E-state index is 12.2. The third-order valence-electron chi connectivity index (χ3n) is 2.48. The molecule has 0 bridgehead atoms. The van der Waals surface area contributed by atoms with Crippen LogP contribution >= 0.6 is 0 Å². The number of hydrogen-bond acceptors (Lipinski definition) is 4. The van der Waals surface area contributed by atoms with Gasteiger partial charge in [-0.3, -0.25) is 0 Å². The van der Waals surface area contributed by atoms with Crippen LogP contribution in [0.1, 0.15) is 13.8 Å². The van der Waals surface area contributed by atoms with Crippen LogP contribution in [0.25, 0.3) is 0 Å². The summed E-state index contributed by atoms with van der Waals surface area (Å²) in [7, 11) is -5.92. The summed E-state index contributed by atoms with van der Waals surface area (Å²) >= 11 is 0. The van der Waals surface area contributed by atoms with Gasteiger partial charge in [0, 0.05) is 13.6 Å². The van der Waals surface area contributed by atoms with Crippen LogP contribution in [0.4, 0.5) is 0 Å². The fourth-order valence-electron chi connectivity index (χ4n) is 1.59. The first-order valence-electron chi connectivity index (χ1n) is 5.64. The monoisotopic (exact) mass is 306 g/mol. The molecule has 0 aromatic heterocycles. The largest absolute Gasteiger partial charge is 0.242 e. The van der Waals surface area contributed by atoms with Gasteiger partial charge in [-0.15, -0.1) is 0 Å². The molecule has 0 aliphatic rings. The van der Waals surface area contributed by atoms with Crippen LogP contribution < -0.4 is 5.14 Å². The van der Waals surface area contributed by atoms with E-state index in [4.69, 9.17) is 5.14 Å². The van der Waals surface area contributed by atoms with Gasteiger partial charge in [0.2, 0.25) is 20.0 Å². The van der Waals surface area contributed by atoms with E-state index in [0.717, 1.165) is 0 Å². The normalized spacial score (nSPS) is 13.2. The van der Waals surface area contributed by atoms with Gasteiger partial charge in [0.25, 0.3) is 0 Å². The second kappa shape index (κ2) is 5.58. The Hall–Kier alpha value is -0.960. The SMILES string of the molecule is CC(C)CN(C)S(=O)(=O)c1ccc(S(N)(=O)=O)cc1. The van der Waals surface area contributed by atoms with Crippen LogP contribution in [0.5, 0.6) is 0 Å². The Balaban J connectivity index is 3.10. The lowest BCUT2D eigenvalue weighted by atomic mass is 10.2. The highest BCUT2D eigenvalue weighted by Gasteiger charge is 2.21. The number of benzene rings is 1. The van der Waals surface area contributed by atoms with Crippen LogP contribution in [0.2, 0.25) is 0 Å². The summed E-state index contributed by atoms with van der Waals surface area (Å²) < 4.78 is 47.8. The van der Waals surface area contributed by atoms with Crippen molar-refractivity contribution >= 4 is 20.0 Å². The van der Waals surface area contributed by atoms with Crippen molar-refractivity contribution in [2.75, 3.05) is 13.6 Å². The average Bonchev–Trinajstić information content (AvgIpc) is 2.27. The topological polar surface area (TPSA) is 97.5 Å². The van der Waals surface area contributed by atoms with E-state index in [1.165, 1.54) is 35.6 Å². The number of nitrogens with zero attached hydrogens (tertiary/aromatic N) is 1. The molecule has 0 spiro atoms. The molecule has 0 atom stereocenters. The molecule has 0 unspecified atom stereocenters. The van der Waals surface area contributed by atoms with Gasteiger partial charge in [0.1, 0.15) is 0 Å². The summed E-state index contributed by atoms with van der Waals surface area (Å²) in [6.45, 7) is 4.21. The van der Waals surface area contributed by atoms with Crippen LogP contribution in [-0.4, -0.2) is 34.7 Å². The van der Waals surface area contributed by atoms with Crippen molar-refractivity contribution in [1.29, 1.82) is 0 Å². The van der Waals surface area contributed by atoms with Crippen molar-refractivity contribution < 1.29 is 16.8 Å². The van der Waals surface area contributed by atoms with E-state index in [2.05, 4.69) is 0 Å². The summed E-state index contributed by atoms with van der Waals surface area (Å²) in [6, 6.07) is 4.86. The minimum absolute atomic E-state index is 0.0445. The fourth-order valence-corrected chi connectivity index (χ4v) is 3.44. The molecule has 6 nitrogen and oxygen atoms in total. The summed E-state index contributed by atoms with van der Waals surface area (Å²) in [5.74, 6) is 0.198.